The van der Waals surface area contributed by atoms with Crippen molar-refractivity contribution in [3.8, 4) is 46.3 Å². The molecule has 0 bridgehead atoms. The van der Waals surface area contributed by atoms with Crippen LogP contribution in [0.3, 0.4) is 0 Å². The zero-order valence-corrected chi connectivity index (χ0v) is 82.8. The normalized spacial score (nSPS) is 12.8. The molecule has 140 heavy (non-hydrogen) atoms. The number of para-hydroxylation sites is 18. The minimum absolute atomic E-state index is 0. The number of nitrogens with zero attached hydrogens (tertiary/aromatic N) is 18. The zero-order valence-electron chi connectivity index (χ0n) is 73.7. The first-order valence-electron chi connectivity index (χ1n) is 44.2. The van der Waals surface area contributed by atoms with Crippen LogP contribution < -0.4 is 39.2 Å². The Bertz CT molecular complexity index is 7810. The van der Waals surface area contributed by atoms with Gasteiger partial charge in [0.05, 0.1) is 34.1 Å². The van der Waals surface area contributed by atoms with Crippen LogP contribution in [0.4, 0.5) is 80.4 Å². The van der Waals surface area contributed by atoms with Crippen molar-refractivity contribution < 1.29 is 105 Å². The first kappa shape index (κ1) is 91.8. The summed E-state index contributed by atoms with van der Waals surface area (Å²) in [5.74, 6) is 8.60. The Morgan fingerprint density at radius 2 is 0.464 bits per heavy atom. The number of benzene rings is 13. The van der Waals surface area contributed by atoms with Crippen molar-refractivity contribution in [3.05, 3.63) is 464 Å². The van der Waals surface area contributed by atoms with E-state index in [0.29, 0.717) is 11.4 Å². The summed E-state index contributed by atoms with van der Waals surface area (Å²) in [7, 11) is 0. The molecule has 0 fully saturated rings. The zero-order chi connectivity index (χ0) is 90.9. The first-order chi connectivity index (χ1) is 67.2. The van der Waals surface area contributed by atoms with Crippen molar-refractivity contribution in [3.63, 3.8) is 0 Å². The Morgan fingerprint density at radius 3 is 0.864 bits per heavy atom. The van der Waals surface area contributed by atoms with Gasteiger partial charge in [0.15, 0.2) is 0 Å². The molecule has 0 spiro atoms. The Hall–Kier alpha value is -15.9. The van der Waals surface area contributed by atoms with Crippen molar-refractivity contribution in [1.82, 2.24) is 48.2 Å². The molecular weight excluding hydrogens is 2470 g/mol. The van der Waals surface area contributed by atoms with Crippen LogP contribution in [0.2, 0.25) is 0 Å². The molecule has 27 rings (SSSR count). The van der Waals surface area contributed by atoms with E-state index in [1.165, 1.54) is 16.2 Å². The predicted octanol–water partition coefficient (Wildman–Crippen LogP) is 25.7. The molecule has 0 saturated heterocycles. The number of hydrogen-bond acceptors (Lipinski definition) is 18. The van der Waals surface area contributed by atoms with E-state index >= 15 is 0 Å². The van der Waals surface area contributed by atoms with E-state index in [4.69, 9.17) is 19.9 Å². The number of aromatic nitrogens is 10. The van der Waals surface area contributed by atoms with Gasteiger partial charge >= 0.3 is 84.3 Å². The average molecular weight is 2540 g/mol. The van der Waals surface area contributed by atoms with E-state index < -0.39 is 0 Å². The van der Waals surface area contributed by atoms with Gasteiger partial charge in [0.1, 0.15) is 81.2 Å². The maximum atomic E-state index is 10.5. The maximum absolute atomic E-state index is 10.5. The van der Waals surface area contributed by atoms with Gasteiger partial charge in [-0.2, -0.15) is 97.1 Å². The molecule has 0 saturated carbocycles. The summed E-state index contributed by atoms with van der Waals surface area (Å²) in [5.41, 5.74) is 14.8. The van der Waals surface area contributed by atoms with E-state index in [1.54, 1.807) is 42.7 Å². The molecule has 23 aromatic rings. The minimum Gasteiger partial charge on any atom is -0.506 e. The Labute approximate surface area is 862 Å². The molecule has 4 N–H and O–H groups in total. The number of pyridine rings is 6. The van der Waals surface area contributed by atoms with Crippen molar-refractivity contribution in [1.29, 1.82) is 0 Å². The van der Waals surface area contributed by atoms with Crippen molar-refractivity contribution >= 4 is 168 Å². The van der Waals surface area contributed by atoms with E-state index in [9.17, 15) is 20.4 Å². The largest absolute Gasteiger partial charge is 2.00 e. The fourth-order valence-electron chi connectivity index (χ4n) is 18.5. The molecule has 0 unspecified atom stereocenters. The molecular formula is C114H76N18O4Pt4. The summed E-state index contributed by atoms with van der Waals surface area (Å²) in [4.78, 5) is 45.0. The Balaban J connectivity index is 0.000000114. The molecule has 4 aliphatic heterocycles. The number of aromatic hydroxyl groups is 4. The molecule has 4 aliphatic rings. The minimum atomic E-state index is 0. The second kappa shape index (κ2) is 39.3. The third-order valence-electron chi connectivity index (χ3n) is 24.6. The van der Waals surface area contributed by atoms with Gasteiger partial charge in [-0.05, 0) is 192 Å². The molecule has 686 valence electrons. The third-order valence-corrected chi connectivity index (χ3v) is 24.6. The van der Waals surface area contributed by atoms with Crippen LogP contribution in [-0.4, -0.2) is 68.6 Å². The topological polar surface area (TPSA) is 204 Å². The van der Waals surface area contributed by atoms with Crippen molar-refractivity contribution in [2.75, 3.05) is 39.2 Å². The van der Waals surface area contributed by atoms with Gasteiger partial charge in [-0.15, -0.1) is 48.2 Å². The van der Waals surface area contributed by atoms with Gasteiger partial charge in [-0.1, -0.05) is 180 Å². The number of rotatable bonds is 12. The molecule has 10 aromatic heterocycles. The van der Waals surface area contributed by atoms with Gasteiger partial charge in [-0.25, -0.2) is 29.9 Å². The molecule has 0 atom stereocenters. The summed E-state index contributed by atoms with van der Waals surface area (Å²) in [6.45, 7) is 7.71. The van der Waals surface area contributed by atoms with Gasteiger partial charge in [0.2, 0.25) is 0 Å². The van der Waals surface area contributed by atoms with Crippen molar-refractivity contribution in [2.24, 2.45) is 0 Å². The van der Waals surface area contributed by atoms with Gasteiger partial charge in [-0.3, -0.25) is 0 Å². The molecule has 0 radical (unpaired) electrons. The summed E-state index contributed by atoms with van der Waals surface area (Å²) in [6, 6.07) is 140. The van der Waals surface area contributed by atoms with Gasteiger partial charge in [0.25, 0.3) is 0 Å². The number of phenols is 4. The molecule has 22 nitrogen and oxygen atoms in total. The van der Waals surface area contributed by atoms with Crippen LogP contribution in [-0.2, 0) is 84.3 Å². The van der Waals surface area contributed by atoms with E-state index in [2.05, 4.69) is 167 Å². The van der Waals surface area contributed by atoms with Gasteiger partial charge in [0, 0.05) is 45.8 Å². The number of fused-ring (bicyclic) bond motifs is 15. The standard InChI is InChI=1S/C30H20N4O.2C29H19N5O.C26H18N4O.4Pt/c35-28-17-8-7-16-27(28)32-20-33(26-15-6-5-14-25(26)32)29-18-9-19-30(31-29)34-23-12-3-1-10-21(23)22-11-2-4-13-24(22)34;35-26-15-6-5-13-24(26)33-19-32(25-14-8-18-30-29(25)33)27-16-7-17-28(31-27)34-22-11-3-1-9-20(22)21-10-2-4-12-23(21)34;35-26-15-6-5-13-24(26)32-19-33(29-25(32)14-8-18-30-29)27-16-7-17-28(31-27)34-22-11-3-1-9-20(22)21-10-2-4-12-23(21)34;31-24-13-6-5-12-23(24)28-16-17-29(18-28)25-14-7-15-26(27-25)30-21-10-3-1-8-19(21)20-9-2-4-11-22(20)30;;;;/h1-12,14-20,35H;2*1-11,13-19,35H;1-10,12-18,31H;;;;/q4*-2;4*+2. The summed E-state index contributed by atoms with van der Waals surface area (Å²) in [5, 5.41) is 51.0. The van der Waals surface area contributed by atoms with Crippen LogP contribution in [0, 0.1) is 50.9 Å². The van der Waals surface area contributed by atoms with Crippen LogP contribution in [0.5, 0.6) is 23.0 Å². The predicted molar refractivity (Wildman–Crippen MR) is 541 cm³/mol. The van der Waals surface area contributed by atoms with E-state index in [0.717, 1.165) is 163 Å². The second-order valence-electron chi connectivity index (χ2n) is 32.5. The fourth-order valence-corrected chi connectivity index (χ4v) is 18.5. The second-order valence-corrected chi connectivity index (χ2v) is 32.5. The van der Waals surface area contributed by atoms with Crippen molar-refractivity contribution in [2.45, 2.75) is 0 Å². The number of anilines is 14. The smallest absolute Gasteiger partial charge is 0.506 e. The van der Waals surface area contributed by atoms with E-state index in [1.807, 2.05) is 322 Å². The summed E-state index contributed by atoms with van der Waals surface area (Å²) >= 11 is 0. The quantitative estimate of drug-likeness (QED) is 0.0840. The van der Waals surface area contributed by atoms with E-state index in [-0.39, 0.29) is 107 Å². The third kappa shape index (κ3) is 16.4. The number of phenolic OH excluding ortho intramolecular Hbond substituents is 4. The van der Waals surface area contributed by atoms with Crippen LogP contribution in [0.25, 0.3) is 110 Å². The fraction of sp³-hybridized carbons (Fsp3) is 0. The molecule has 26 heteroatoms. The SMILES string of the molecule is Oc1ccccc1N1C=CN(c2cccc(-n3c4[c-]cccc4c4ccccc43)n2)[CH-]1.Oc1ccccc1N1[CH-]N(c2cccc(-n3c4[c-]cccc4c4ccccc43)n2)c2ccccc21.Oc1ccccc1N1[CH-]N(c2cccc(-n3c4[c-]cccc4c4ccccc43)n2)c2cccnc21.Oc1ccccc1N1[CH-]N(c2cccc(-n3c4[c-]cccc4c4ccccc43)n2)c2ncccc21.[Pt+2].[Pt+2].[Pt+2].[Pt+2]. The Kier molecular flexibility index (Phi) is 25.7. The molecule has 0 amide bonds. The summed E-state index contributed by atoms with van der Waals surface area (Å²) < 4.78 is 8.60. The Morgan fingerprint density at radius 1 is 0.200 bits per heavy atom. The number of hydrogen-bond donors (Lipinski definition) is 4. The monoisotopic (exact) mass is 2540 g/mol. The average Bonchev–Trinajstić information content (AvgIpc) is 1.60. The molecule has 0 aliphatic carbocycles. The molecule has 14 heterocycles. The van der Waals surface area contributed by atoms with Crippen LogP contribution in [0.15, 0.2) is 413 Å². The molecule has 13 aromatic carbocycles. The van der Waals surface area contributed by atoms with Gasteiger partial charge < -0.3 is 77.9 Å². The maximum Gasteiger partial charge on any atom is 2.00 e. The first-order valence-corrected chi connectivity index (χ1v) is 44.2. The van der Waals surface area contributed by atoms with Crippen LogP contribution >= 0.6 is 0 Å². The summed E-state index contributed by atoms with van der Waals surface area (Å²) in [6.07, 6.45) is 7.34. The van der Waals surface area contributed by atoms with Crippen LogP contribution in [0.1, 0.15) is 0 Å².